The summed E-state index contributed by atoms with van der Waals surface area (Å²) in [5.74, 6) is -1.10. The minimum absolute atomic E-state index is 0.0307. The van der Waals surface area contributed by atoms with Gasteiger partial charge in [-0.15, -0.1) is 0 Å². The molecular formula is C17H17N3O3. The second-order valence-corrected chi connectivity index (χ2v) is 5.80. The first-order valence-corrected chi connectivity index (χ1v) is 7.58. The van der Waals surface area contributed by atoms with Crippen molar-refractivity contribution in [3.05, 3.63) is 40.8 Å². The minimum atomic E-state index is -0.755. The van der Waals surface area contributed by atoms with Gasteiger partial charge in [0.25, 0.3) is 5.56 Å². The lowest BCUT2D eigenvalue weighted by Gasteiger charge is -2.32. The van der Waals surface area contributed by atoms with Crippen molar-refractivity contribution in [1.29, 1.82) is 5.26 Å². The fourth-order valence-electron chi connectivity index (χ4n) is 3.09. The fraction of sp³-hybridized carbons (Fsp3) is 0.353. The molecule has 1 aliphatic heterocycles. The van der Waals surface area contributed by atoms with Gasteiger partial charge in [0, 0.05) is 30.4 Å². The van der Waals surface area contributed by atoms with E-state index in [1.165, 1.54) is 4.57 Å². The first-order chi connectivity index (χ1) is 11.1. The van der Waals surface area contributed by atoms with Gasteiger partial charge in [-0.05, 0) is 42.5 Å². The number of hydrogen-bond donors (Lipinski definition) is 1. The first-order valence-electron chi connectivity index (χ1n) is 7.58. The molecule has 6 heteroatoms. The van der Waals surface area contributed by atoms with Crippen LogP contribution in [0.1, 0.15) is 12.8 Å². The van der Waals surface area contributed by atoms with Crippen LogP contribution in [0.15, 0.2) is 35.3 Å². The molecule has 1 aliphatic rings. The van der Waals surface area contributed by atoms with Crippen molar-refractivity contribution >= 4 is 22.4 Å². The van der Waals surface area contributed by atoms with Gasteiger partial charge in [-0.25, -0.2) is 0 Å². The largest absolute Gasteiger partial charge is 0.481 e. The third-order valence-corrected chi connectivity index (χ3v) is 4.34. The highest BCUT2D eigenvalue weighted by atomic mass is 16.4. The van der Waals surface area contributed by atoms with Gasteiger partial charge in [0.1, 0.15) is 6.54 Å². The number of piperidine rings is 1. The maximum absolute atomic E-state index is 12.3. The Morgan fingerprint density at radius 1 is 1.39 bits per heavy atom. The molecule has 0 amide bonds. The van der Waals surface area contributed by atoms with E-state index < -0.39 is 5.97 Å². The van der Waals surface area contributed by atoms with Gasteiger partial charge in [-0.3, -0.25) is 9.59 Å². The van der Waals surface area contributed by atoms with E-state index in [1.54, 1.807) is 12.3 Å². The van der Waals surface area contributed by atoms with Crippen molar-refractivity contribution in [2.45, 2.75) is 19.4 Å². The zero-order chi connectivity index (χ0) is 16.4. The van der Waals surface area contributed by atoms with Gasteiger partial charge in [-0.1, -0.05) is 0 Å². The van der Waals surface area contributed by atoms with Crippen molar-refractivity contribution in [3.63, 3.8) is 0 Å². The molecule has 0 radical (unpaired) electrons. The van der Waals surface area contributed by atoms with Gasteiger partial charge in [0.05, 0.1) is 12.0 Å². The first kappa shape index (κ1) is 15.1. The maximum Gasteiger partial charge on any atom is 0.308 e. The Morgan fingerprint density at radius 3 is 2.96 bits per heavy atom. The summed E-state index contributed by atoms with van der Waals surface area (Å²) in [6.07, 6.45) is 3.17. The molecule has 1 saturated heterocycles. The van der Waals surface area contributed by atoms with Crippen molar-refractivity contribution < 1.29 is 9.90 Å². The van der Waals surface area contributed by atoms with E-state index in [1.807, 2.05) is 24.3 Å². The fourth-order valence-corrected chi connectivity index (χ4v) is 3.09. The Labute approximate surface area is 133 Å². The molecule has 3 rings (SSSR count). The van der Waals surface area contributed by atoms with Crippen LogP contribution in [-0.4, -0.2) is 28.7 Å². The zero-order valence-electron chi connectivity index (χ0n) is 12.6. The van der Waals surface area contributed by atoms with E-state index in [4.69, 9.17) is 5.26 Å². The van der Waals surface area contributed by atoms with Gasteiger partial charge in [0.2, 0.25) is 0 Å². The molecule has 0 saturated carbocycles. The summed E-state index contributed by atoms with van der Waals surface area (Å²) in [4.78, 5) is 25.5. The number of carboxylic acids is 1. The molecule has 2 heterocycles. The number of anilines is 1. The lowest BCUT2D eigenvalue weighted by molar-refractivity contribution is -0.141. The minimum Gasteiger partial charge on any atom is -0.481 e. The average molecular weight is 311 g/mol. The van der Waals surface area contributed by atoms with Gasteiger partial charge in [0.15, 0.2) is 0 Å². The molecule has 1 unspecified atom stereocenters. The highest BCUT2D eigenvalue weighted by Gasteiger charge is 2.25. The smallest absolute Gasteiger partial charge is 0.308 e. The quantitative estimate of drug-likeness (QED) is 0.934. The summed E-state index contributed by atoms with van der Waals surface area (Å²) < 4.78 is 1.38. The standard InChI is InChI=1S/C17H17N3O3/c18-6-9-19-8-5-12-10-14(3-4-15(12)16(19)21)20-7-1-2-13(11-20)17(22)23/h3-5,8,10,13H,1-2,7,9,11H2,(H,22,23). The Kier molecular flexibility index (Phi) is 4.02. The van der Waals surface area contributed by atoms with E-state index in [9.17, 15) is 14.7 Å². The van der Waals surface area contributed by atoms with E-state index in [0.717, 1.165) is 24.0 Å². The van der Waals surface area contributed by atoms with Crippen molar-refractivity contribution in [3.8, 4) is 6.07 Å². The lowest BCUT2D eigenvalue weighted by Crippen LogP contribution is -2.38. The summed E-state index contributed by atoms with van der Waals surface area (Å²) in [5.41, 5.74) is 0.749. The number of benzene rings is 1. The van der Waals surface area contributed by atoms with Gasteiger partial charge < -0.3 is 14.6 Å². The number of carboxylic acid groups (broad SMARTS) is 1. The summed E-state index contributed by atoms with van der Waals surface area (Å²) in [6.45, 7) is 1.34. The van der Waals surface area contributed by atoms with Crippen molar-refractivity contribution in [1.82, 2.24) is 4.57 Å². The lowest BCUT2D eigenvalue weighted by atomic mass is 9.97. The number of pyridine rings is 1. The van der Waals surface area contributed by atoms with Crippen LogP contribution in [-0.2, 0) is 11.3 Å². The van der Waals surface area contributed by atoms with Crippen LogP contribution in [0.3, 0.4) is 0 Å². The van der Waals surface area contributed by atoms with Crippen LogP contribution in [0, 0.1) is 17.2 Å². The van der Waals surface area contributed by atoms with Gasteiger partial charge >= 0.3 is 5.97 Å². The topological polar surface area (TPSA) is 86.3 Å². The van der Waals surface area contributed by atoms with Crippen LogP contribution in [0.25, 0.3) is 10.8 Å². The molecule has 118 valence electrons. The molecule has 1 fully saturated rings. The predicted octanol–water partition coefficient (Wildman–Crippen LogP) is 1.83. The summed E-state index contributed by atoms with van der Waals surface area (Å²) in [7, 11) is 0. The number of nitriles is 1. The molecule has 1 N–H and O–H groups in total. The molecular weight excluding hydrogens is 294 g/mol. The number of nitrogens with zero attached hydrogens (tertiary/aromatic N) is 3. The molecule has 1 aromatic carbocycles. The number of aliphatic carboxylic acids is 1. The number of hydrogen-bond acceptors (Lipinski definition) is 4. The second-order valence-electron chi connectivity index (χ2n) is 5.80. The molecule has 23 heavy (non-hydrogen) atoms. The SMILES string of the molecule is N#CCn1ccc2cc(N3CCCC(C(=O)O)C3)ccc2c1=O. The second kappa shape index (κ2) is 6.13. The Bertz CT molecular complexity index is 850. The molecule has 2 aromatic rings. The number of carbonyl (C=O) groups is 1. The van der Waals surface area contributed by atoms with E-state index in [-0.39, 0.29) is 18.0 Å². The zero-order valence-corrected chi connectivity index (χ0v) is 12.6. The van der Waals surface area contributed by atoms with Crippen LogP contribution >= 0.6 is 0 Å². The molecule has 0 aliphatic carbocycles. The predicted molar refractivity (Wildman–Crippen MR) is 86.4 cm³/mol. The van der Waals surface area contributed by atoms with Gasteiger partial charge in [-0.2, -0.15) is 5.26 Å². The summed E-state index contributed by atoms with van der Waals surface area (Å²) in [6, 6.07) is 9.30. The monoisotopic (exact) mass is 311 g/mol. The maximum atomic E-state index is 12.3. The Morgan fingerprint density at radius 2 is 2.22 bits per heavy atom. The number of fused-ring (bicyclic) bond motifs is 1. The van der Waals surface area contributed by atoms with Crippen LogP contribution < -0.4 is 10.5 Å². The number of rotatable bonds is 3. The van der Waals surface area contributed by atoms with Crippen LogP contribution in [0.2, 0.25) is 0 Å². The van der Waals surface area contributed by atoms with Crippen LogP contribution in [0.4, 0.5) is 5.69 Å². The number of aromatic nitrogens is 1. The molecule has 1 aromatic heterocycles. The highest BCUT2D eigenvalue weighted by Crippen LogP contribution is 2.25. The normalized spacial score (nSPS) is 17.9. The Balaban J connectivity index is 1.95. The third-order valence-electron chi connectivity index (χ3n) is 4.34. The third kappa shape index (κ3) is 2.90. The Hall–Kier alpha value is -2.81. The van der Waals surface area contributed by atoms with Crippen molar-refractivity contribution in [2.24, 2.45) is 5.92 Å². The molecule has 6 nitrogen and oxygen atoms in total. The van der Waals surface area contributed by atoms with E-state index in [0.29, 0.717) is 18.4 Å². The van der Waals surface area contributed by atoms with E-state index in [2.05, 4.69) is 4.90 Å². The average Bonchev–Trinajstić information content (AvgIpc) is 2.57. The summed E-state index contributed by atoms with van der Waals surface area (Å²) in [5, 5.41) is 19.3. The van der Waals surface area contributed by atoms with E-state index >= 15 is 0 Å². The molecule has 0 spiro atoms. The highest BCUT2D eigenvalue weighted by molar-refractivity contribution is 5.85. The molecule has 1 atom stereocenters. The summed E-state index contributed by atoms with van der Waals surface area (Å²) >= 11 is 0. The van der Waals surface area contributed by atoms with Crippen molar-refractivity contribution in [2.75, 3.05) is 18.0 Å². The van der Waals surface area contributed by atoms with Crippen LogP contribution in [0.5, 0.6) is 0 Å². The molecule has 0 bridgehead atoms.